The van der Waals surface area contributed by atoms with Gasteiger partial charge in [-0.05, 0) is 31.6 Å². The predicted octanol–water partition coefficient (Wildman–Crippen LogP) is 1.07. The Balaban J connectivity index is 2.02. The lowest BCUT2D eigenvalue weighted by atomic mass is 10.3. The summed E-state index contributed by atoms with van der Waals surface area (Å²) in [6.45, 7) is 2.39. The summed E-state index contributed by atoms with van der Waals surface area (Å²) in [5, 5.41) is 3.28. The first-order chi connectivity index (χ1) is 7.90. The summed E-state index contributed by atoms with van der Waals surface area (Å²) in [4.78, 5) is 8.87. The molecule has 4 nitrogen and oxygen atoms in total. The van der Waals surface area contributed by atoms with Crippen LogP contribution in [-0.4, -0.2) is 23.1 Å². The summed E-state index contributed by atoms with van der Waals surface area (Å²) in [6, 6.07) is 7.89. The molecule has 0 saturated carbocycles. The molecule has 0 spiro atoms. The molecular formula is C12H16N4. The maximum atomic E-state index is 5.41. The molecule has 1 heterocycles. The Hall–Kier alpha value is -1.52. The number of hydrogen-bond acceptors (Lipinski definition) is 4. The average molecular weight is 216 g/mol. The molecule has 0 aliphatic carbocycles. The minimum Gasteiger partial charge on any atom is -0.330 e. The zero-order valence-electron chi connectivity index (χ0n) is 9.19. The molecule has 0 bridgehead atoms. The summed E-state index contributed by atoms with van der Waals surface area (Å²) in [6.07, 6.45) is 2.80. The van der Waals surface area contributed by atoms with E-state index in [1.165, 1.54) is 0 Å². The van der Waals surface area contributed by atoms with E-state index >= 15 is 0 Å². The standard InChI is InChI=1S/C12H16N4/c13-6-3-7-14-8-10-9-15-11-4-1-2-5-12(11)16-10/h1-2,4-5,9,14H,3,6-8,13H2. The lowest BCUT2D eigenvalue weighted by Crippen LogP contribution is -2.18. The Morgan fingerprint density at radius 3 is 2.81 bits per heavy atom. The average Bonchev–Trinajstić information content (AvgIpc) is 2.34. The van der Waals surface area contributed by atoms with Crippen LogP contribution in [0, 0.1) is 0 Å². The quantitative estimate of drug-likeness (QED) is 0.734. The maximum absolute atomic E-state index is 5.41. The van der Waals surface area contributed by atoms with Gasteiger partial charge in [0.25, 0.3) is 0 Å². The maximum Gasteiger partial charge on any atom is 0.0890 e. The molecule has 0 fully saturated rings. The van der Waals surface area contributed by atoms with Crippen molar-refractivity contribution in [3.8, 4) is 0 Å². The number of hydrogen-bond donors (Lipinski definition) is 2. The fraction of sp³-hybridized carbons (Fsp3) is 0.333. The molecule has 0 aliphatic rings. The van der Waals surface area contributed by atoms with E-state index in [9.17, 15) is 0 Å². The minimum absolute atomic E-state index is 0.719. The monoisotopic (exact) mass is 216 g/mol. The second-order valence-corrected chi connectivity index (χ2v) is 3.67. The third-order valence-electron chi connectivity index (χ3n) is 2.36. The Kier molecular flexibility index (Phi) is 3.80. The van der Waals surface area contributed by atoms with Crippen molar-refractivity contribution in [1.29, 1.82) is 0 Å². The molecular weight excluding hydrogens is 200 g/mol. The third kappa shape index (κ3) is 2.74. The van der Waals surface area contributed by atoms with Crippen LogP contribution >= 0.6 is 0 Å². The first-order valence-corrected chi connectivity index (χ1v) is 5.51. The van der Waals surface area contributed by atoms with Crippen LogP contribution in [0.25, 0.3) is 11.0 Å². The van der Waals surface area contributed by atoms with E-state index < -0.39 is 0 Å². The van der Waals surface area contributed by atoms with Gasteiger partial charge in [-0.15, -0.1) is 0 Å². The van der Waals surface area contributed by atoms with Crippen molar-refractivity contribution < 1.29 is 0 Å². The van der Waals surface area contributed by atoms with Gasteiger partial charge in [0.05, 0.1) is 22.9 Å². The number of nitrogens with one attached hydrogen (secondary N) is 1. The molecule has 16 heavy (non-hydrogen) atoms. The number of aromatic nitrogens is 2. The minimum atomic E-state index is 0.719. The lowest BCUT2D eigenvalue weighted by Gasteiger charge is -2.04. The largest absolute Gasteiger partial charge is 0.330 e. The van der Waals surface area contributed by atoms with Crippen molar-refractivity contribution in [3.05, 3.63) is 36.2 Å². The van der Waals surface area contributed by atoms with Gasteiger partial charge >= 0.3 is 0 Å². The zero-order valence-corrected chi connectivity index (χ0v) is 9.19. The van der Waals surface area contributed by atoms with E-state index in [1.54, 1.807) is 0 Å². The lowest BCUT2D eigenvalue weighted by molar-refractivity contribution is 0.646. The van der Waals surface area contributed by atoms with E-state index in [4.69, 9.17) is 5.73 Å². The van der Waals surface area contributed by atoms with E-state index in [2.05, 4.69) is 15.3 Å². The van der Waals surface area contributed by atoms with Crippen LogP contribution in [0.1, 0.15) is 12.1 Å². The number of nitrogens with two attached hydrogens (primary N) is 1. The van der Waals surface area contributed by atoms with E-state index in [-0.39, 0.29) is 0 Å². The van der Waals surface area contributed by atoms with Crippen molar-refractivity contribution in [2.75, 3.05) is 13.1 Å². The van der Waals surface area contributed by atoms with E-state index in [0.29, 0.717) is 0 Å². The molecule has 3 N–H and O–H groups in total. The SMILES string of the molecule is NCCCNCc1cnc2ccccc2n1. The third-order valence-corrected chi connectivity index (χ3v) is 2.36. The van der Waals surface area contributed by atoms with Gasteiger partial charge in [-0.1, -0.05) is 12.1 Å². The molecule has 1 aromatic carbocycles. The predicted molar refractivity (Wildman–Crippen MR) is 64.9 cm³/mol. The summed E-state index contributed by atoms with van der Waals surface area (Å²) in [5.41, 5.74) is 8.27. The normalized spacial score (nSPS) is 10.8. The first kappa shape index (κ1) is 11.0. The Labute approximate surface area is 94.9 Å². The van der Waals surface area contributed by atoms with Gasteiger partial charge in [-0.2, -0.15) is 0 Å². The summed E-state index contributed by atoms with van der Waals surface area (Å²) >= 11 is 0. The topological polar surface area (TPSA) is 63.8 Å². The molecule has 1 aromatic heterocycles. The highest BCUT2D eigenvalue weighted by Gasteiger charge is 1.98. The number of fused-ring (bicyclic) bond motifs is 1. The molecule has 2 aromatic rings. The van der Waals surface area contributed by atoms with Gasteiger partial charge in [0.2, 0.25) is 0 Å². The first-order valence-electron chi connectivity index (χ1n) is 5.51. The van der Waals surface area contributed by atoms with Gasteiger partial charge < -0.3 is 11.1 Å². The zero-order chi connectivity index (χ0) is 11.2. The molecule has 0 aliphatic heterocycles. The Morgan fingerprint density at radius 2 is 2.00 bits per heavy atom. The van der Waals surface area contributed by atoms with Crippen LogP contribution in [0.5, 0.6) is 0 Å². The van der Waals surface area contributed by atoms with Crippen LogP contribution in [0.2, 0.25) is 0 Å². The summed E-state index contributed by atoms with van der Waals surface area (Å²) < 4.78 is 0. The van der Waals surface area contributed by atoms with Gasteiger partial charge in [0.15, 0.2) is 0 Å². The van der Waals surface area contributed by atoms with Gasteiger partial charge in [-0.25, -0.2) is 4.98 Å². The highest BCUT2D eigenvalue weighted by molar-refractivity contribution is 5.73. The molecule has 84 valence electrons. The Bertz CT molecular complexity index is 455. The van der Waals surface area contributed by atoms with Crippen LogP contribution in [-0.2, 0) is 6.54 Å². The molecule has 0 amide bonds. The number of para-hydroxylation sites is 2. The van der Waals surface area contributed by atoms with Crippen molar-refractivity contribution >= 4 is 11.0 Å². The number of rotatable bonds is 5. The van der Waals surface area contributed by atoms with Crippen molar-refractivity contribution in [3.63, 3.8) is 0 Å². The van der Waals surface area contributed by atoms with Crippen LogP contribution in [0.3, 0.4) is 0 Å². The Morgan fingerprint density at radius 1 is 1.19 bits per heavy atom. The van der Waals surface area contributed by atoms with Gasteiger partial charge in [0, 0.05) is 6.54 Å². The second kappa shape index (κ2) is 5.53. The second-order valence-electron chi connectivity index (χ2n) is 3.67. The van der Waals surface area contributed by atoms with E-state index in [1.807, 2.05) is 30.5 Å². The summed E-state index contributed by atoms with van der Waals surface area (Å²) in [5.74, 6) is 0. The number of nitrogens with zero attached hydrogens (tertiary/aromatic N) is 2. The van der Waals surface area contributed by atoms with E-state index in [0.717, 1.165) is 42.8 Å². The smallest absolute Gasteiger partial charge is 0.0890 e. The van der Waals surface area contributed by atoms with Gasteiger partial charge in [-0.3, -0.25) is 4.98 Å². The fourth-order valence-corrected chi connectivity index (χ4v) is 1.52. The van der Waals surface area contributed by atoms with Gasteiger partial charge in [0.1, 0.15) is 0 Å². The van der Waals surface area contributed by atoms with Crippen LogP contribution in [0.15, 0.2) is 30.5 Å². The molecule has 4 heteroatoms. The fourth-order valence-electron chi connectivity index (χ4n) is 1.52. The molecule has 0 atom stereocenters. The number of benzene rings is 1. The molecule has 0 saturated heterocycles. The molecule has 0 radical (unpaired) electrons. The molecule has 0 unspecified atom stereocenters. The van der Waals surface area contributed by atoms with Crippen molar-refractivity contribution in [1.82, 2.24) is 15.3 Å². The summed E-state index contributed by atoms with van der Waals surface area (Å²) in [7, 11) is 0. The molecule has 2 rings (SSSR count). The highest BCUT2D eigenvalue weighted by Crippen LogP contribution is 2.07. The van der Waals surface area contributed by atoms with Crippen LogP contribution < -0.4 is 11.1 Å². The van der Waals surface area contributed by atoms with Crippen LogP contribution in [0.4, 0.5) is 0 Å². The van der Waals surface area contributed by atoms with Crippen molar-refractivity contribution in [2.24, 2.45) is 5.73 Å². The highest BCUT2D eigenvalue weighted by atomic mass is 14.9. The van der Waals surface area contributed by atoms with Crippen molar-refractivity contribution in [2.45, 2.75) is 13.0 Å².